The molecular formula is C13H12ClFN2. The highest BCUT2D eigenvalue weighted by molar-refractivity contribution is 6.31. The summed E-state index contributed by atoms with van der Waals surface area (Å²) in [4.78, 5) is 3.92. The summed E-state index contributed by atoms with van der Waals surface area (Å²) < 4.78 is 13.1. The van der Waals surface area contributed by atoms with Crippen molar-refractivity contribution in [2.24, 2.45) is 0 Å². The molecule has 1 heterocycles. The first-order valence-electron chi connectivity index (χ1n) is 5.25. The van der Waals surface area contributed by atoms with Crippen LogP contribution in [0.1, 0.15) is 11.1 Å². The molecule has 0 spiro atoms. The van der Waals surface area contributed by atoms with E-state index in [1.165, 1.54) is 6.07 Å². The van der Waals surface area contributed by atoms with E-state index < -0.39 is 0 Å². The number of aromatic nitrogens is 1. The molecule has 4 heteroatoms. The molecule has 0 saturated carbocycles. The van der Waals surface area contributed by atoms with E-state index in [1.807, 2.05) is 6.07 Å². The van der Waals surface area contributed by atoms with Crippen molar-refractivity contribution in [3.05, 3.63) is 58.6 Å². The molecule has 2 nitrogen and oxygen atoms in total. The summed E-state index contributed by atoms with van der Waals surface area (Å²) in [5.74, 6) is -0.197. The van der Waals surface area contributed by atoms with Gasteiger partial charge in [-0.2, -0.15) is 0 Å². The van der Waals surface area contributed by atoms with E-state index in [0.29, 0.717) is 17.1 Å². The summed E-state index contributed by atoms with van der Waals surface area (Å²) in [7, 11) is 0. The predicted molar refractivity (Wildman–Crippen MR) is 67.7 cm³/mol. The zero-order chi connectivity index (χ0) is 12.3. The molecule has 0 radical (unpaired) electrons. The Labute approximate surface area is 104 Å². The van der Waals surface area contributed by atoms with Gasteiger partial charge < -0.3 is 5.32 Å². The van der Waals surface area contributed by atoms with Gasteiger partial charge in [0.2, 0.25) is 0 Å². The number of nitrogens with zero attached hydrogens (tertiary/aromatic N) is 1. The van der Waals surface area contributed by atoms with E-state index in [0.717, 1.165) is 11.3 Å². The lowest BCUT2D eigenvalue weighted by atomic mass is 10.2. The van der Waals surface area contributed by atoms with E-state index in [9.17, 15) is 4.39 Å². The fraction of sp³-hybridized carbons (Fsp3) is 0.154. The Kier molecular flexibility index (Phi) is 3.59. The van der Waals surface area contributed by atoms with Crippen molar-refractivity contribution in [3.8, 4) is 0 Å². The smallest absolute Gasteiger partial charge is 0.126 e. The van der Waals surface area contributed by atoms with Gasteiger partial charge in [0, 0.05) is 24.6 Å². The van der Waals surface area contributed by atoms with Crippen molar-refractivity contribution in [2.45, 2.75) is 13.5 Å². The summed E-state index contributed by atoms with van der Waals surface area (Å²) in [6, 6.07) is 6.78. The molecule has 1 N–H and O–H groups in total. The summed E-state index contributed by atoms with van der Waals surface area (Å²) in [5, 5.41) is 3.81. The molecule has 0 bridgehead atoms. The third-order valence-corrected chi connectivity index (χ3v) is 2.84. The van der Waals surface area contributed by atoms with Crippen LogP contribution in [-0.4, -0.2) is 4.98 Å². The Hall–Kier alpha value is -1.61. The molecular weight excluding hydrogens is 239 g/mol. The van der Waals surface area contributed by atoms with Gasteiger partial charge in [0.15, 0.2) is 0 Å². The zero-order valence-electron chi connectivity index (χ0n) is 9.37. The van der Waals surface area contributed by atoms with Crippen LogP contribution in [0.15, 0.2) is 36.7 Å². The summed E-state index contributed by atoms with van der Waals surface area (Å²) in [6.07, 6.45) is 3.30. The van der Waals surface area contributed by atoms with Crippen LogP contribution in [0.5, 0.6) is 0 Å². The van der Waals surface area contributed by atoms with Crippen molar-refractivity contribution < 1.29 is 4.39 Å². The first-order chi connectivity index (χ1) is 8.16. The van der Waals surface area contributed by atoms with E-state index in [4.69, 9.17) is 11.6 Å². The topological polar surface area (TPSA) is 24.9 Å². The number of benzene rings is 1. The van der Waals surface area contributed by atoms with Crippen LogP contribution >= 0.6 is 11.6 Å². The number of hydrogen-bond donors (Lipinski definition) is 1. The van der Waals surface area contributed by atoms with Crippen LogP contribution in [0.4, 0.5) is 10.1 Å². The average Bonchev–Trinajstić information content (AvgIpc) is 2.32. The zero-order valence-corrected chi connectivity index (χ0v) is 10.1. The van der Waals surface area contributed by atoms with Gasteiger partial charge in [-0.1, -0.05) is 11.6 Å². The Morgan fingerprint density at radius 3 is 2.88 bits per heavy atom. The molecule has 1 aromatic heterocycles. The molecule has 0 aliphatic rings. The maximum atomic E-state index is 13.1. The molecule has 0 amide bonds. The summed E-state index contributed by atoms with van der Waals surface area (Å²) in [6.45, 7) is 2.33. The number of hydrogen-bond acceptors (Lipinski definition) is 2. The largest absolute Gasteiger partial charge is 0.381 e. The molecule has 0 unspecified atom stereocenters. The van der Waals surface area contributed by atoms with E-state index in [-0.39, 0.29) is 5.82 Å². The Morgan fingerprint density at radius 2 is 2.18 bits per heavy atom. The van der Waals surface area contributed by atoms with Crippen LogP contribution in [0.25, 0.3) is 0 Å². The van der Waals surface area contributed by atoms with Gasteiger partial charge in [0.05, 0.1) is 5.02 Å². The number of rotatable bonds is 3. The Morgan fingerprint density at radius 1 is 1.35 bits per heavy atom. The van der Waals surface area contributed by atoms with Gasteiger partial charge in [0.1, 0.15) is 5.82 Å². The lowest BCUT2D eigenvalue weighted by Gasteiger charge is -2.08. The van der Waals surface area contributed by atoms with Gasteiger partial charge in [-0.15, -0.1) is 0 Å². The number of anilines is 1. The molecule has 0 aliphatic heterocycles. The minimum atomic E-state index is -0.197. The normalized spacial score (nSPS) is 10.3. The molecule has 2 aromatic rings. The Bertz CT molecular complexity index is 529. The second kappa shape index (κ2) is 5.15. The van der Waals surface area contributed by atoms with Crippen LogP contribution in [0.2, 0.25) is 5.02 Å². The van der Waals surface area contributed by atoms with Gasteiger partial charge in [-0.05, 0) is 42.3 Å². The van der Waals surface area contributed by atoms with Crippen molar-refractivity contribution in [1.29, 1.82) is 0 Å². The van der Waals surface area contributed by atoms with Gasteiger partial charge in [-0.3, -0.25) is 4.98 Å². The van der Waals surface area contributed by atoms with Gasteiger partial charge in [0.25, 0.3) is 0 Å². The number of nitrogens with one attached hydrogen (secondary N) is 1. The first-order valence-corrected chi connectivity index (χ1v) is 5.63. The lowest BCUT2D eigenvalue weighted by Crippen LogP contribution is -2.00. The molecule has 0 fully saturated rings. The van der Waals surface area contributed by atoms with Crippen LogP contribution in [-0.2, 0) is 6.54 Å². The first kappa shape index (κ1) is 11.9. The van der Waals surface area contributed by atoms with Crippen molar-refractivity contribution >= 4 is 17.3 Å². The van der Waals surface area contributed by atoms with Crippen molar-refractivity contribution in [1.82, 2.24) is 4.98 Å². The standard InChI is InChI=1S/C13H12ClFN2/c1-9-6-11(2-3-13(9)15)17-7-10-4-5-16-8-12(10)14/h2-6,8,17H,7H2,1H3. The van der Waals surface area contributed by atoms with Gasteiger partial charge >= 0.3 is 0 Å². The highest BCUT2D eigenvalue weighted by atomic mass is 35.5. The summed E-state index contributed by atoms with van der Waals surface area (Å²) >= 11 is 5.98. The average molecular weight is 251 g/mol. The van der Waals surface area contributed by atoms with E-state index in [1.54, 1.807) is 31.5 Å². The highest BCUT2D eigenvalue weighted by Crippen LogP contribution is 2.17. The molecule has 0 saturated heterocycles. The lowest BCUT2D eigenvalue weighted by molar-refractivity contribution is 0.618. The second-order valence-corrected chi connectivity index (χ2v) is 4.19. The molecule has 0 aliphatic carbocycles. The fourth-order valence-electron chi connectivity index (χ4n) is 1.50. The number of aryl methyl sites for hydroxylation is 1. The van der Waals surface area contributed by atoms with E-state index >= 15 is 0 Å². The molecule has 17 heavy (non-hydrogen) atoms. The van der Waals surface area contributed by atoms with E-state index in [2.05, 4.69) is 10.3 Å². The SMILES string of the molecule is Cc1cc(NCc2ccncc2Cl)ccc1F. The van der Waals surface area contributed by atoms with Crippen LogP contribution < -0.4 is 5.32 Å². The minimum absolute atomic E-state index is 0.197. The molecule has 0 atom stereocenters. The van der Waals surface area contributed by atoms with Crippen LogP contribution in [0, 0.1) is 12.7 Å². The number of pyridine rings is 1. The monoisotopic (exact) mass is 250 g/mol. The summed E-state index contributed by atoms with van der Waals surface area (Å²) in [5.41, 5.74) is 2.45. The molecule has 2 rings (SSSR count). The molecule has 88 valence electrons. The molecule has 1 aromatic carbocycles. The maximum Gasteiger partial charge on any atom is 0.126 e. The number of halogens is 2. The third-order valence-electron chi connectivity index (χ3n) is 2.50. The van der Waals surface area contributed by atoms with Crippen molar-refractivity contribution in [3.63, 3.8) is 0 Å². The third kappa shape index (κ3) is 2.94. The maximum absolute atomic E-state index is 13.1. The van der Waals surface area contributed by atoms with Gasteiger partial charge in [-0.25, -0.2) is 4.39 Å². The van der Waals surface area contributed by atoms with Crippen molar-refractivity contribution in [2.75, 3.05) is 5.32 Å². The highest BCUT2D eigenvalue weighted by Gasteiger charge is 2.01. The minimum Gasteiger partial charge on any atom is -0.381 e. The van der Waals surface area contributed by atoms with Crippen LogP contribution in [0.3, 0.4) is 0 Å². The quantitative estimate of drug-likeness (QED) is 0.896. The fourth-order valence-corrected chi connectivity index (χ4v) is 1.69. The second-order valence-electron chi connectivity index (χ2n) is 3.78. The predicted octanol–water partition coefficient (Wildman–Crippen LogP) is 3.79. The Balaban J connectivity index is 2.08.